The second-order valence-corrected chi connectivity index (χ2v) is 2.87. The molecule has 0 bridgehead atoms. The highest BCUT2D eigenvalue weighted by Crippen LogP contribution is 2.18. The molecule has 2 aromatic rings. The zero-order valence-electron chi connectivity index (χ0n) is 9.08. The summed E-state index contributed by atoms with van der Waals surface area (Å²) in [7, 11) is 2.98. The monoisotopic (exact) mass is 222 g/mol. The summed E-state index contributed by atoms with van der Waals surface area (Å²) in [5, 5.41) is 11.6. The lowest BCUT2D eigenvalue weighted by Gasteiger charge is -2.05. The van der Waals surface area contributed by atoms with Crippen molar-refractivity contribution in [2.45, 2.75) is 6.92 Å². The van der Waals surface area contributed by atoms with Gasteiger partial charge >= 0.3 is 0 Å². The van der Waals surface area contributed by atoms with Gasteiger partial charge in [-0.25, -0.2) is 4.98 Å². The van der Waals surface area contributed by atoms with Gasteiger partial charge in [-0.05, 0) is 12.1 Å². The van der Waals surface area contributed by atoms with E-state index >= 15 is 0 Å². The lowest BCUT2D eigenvalue weighted by atomic mass is 10.6. The Labute approximate surface area is 91.2 Å². The summed E-state index contributed by atoms with van der Waals surface area (Å²) < 4.78 is 10.0. The maximum absolute atomic E-state index is 5.07. The smallest absolute Gasteiger partial charge is 0.264 e. The molecule has 0 saturated carbocycles. The normalized spacial score (nSPS) is 10.2. The van der Waals surface area contributed by atoms with Crippen LogP contribution < -0.4 is 9.47 Å². The van der Waals surface area contributed by atoms with Gasteiger partial charge in [0, 0.05) is 0 Å². The van der Waals surface area contributed by atoms with Crippen molar-refractivity contribution in [1.82, 2.24) is 30.2 Å². The van der Waals surface area contributed by atoms with Crippen LogP contribution in [0.3, 0.4) is 0 Å². The number of hydrogen-bond acceptors (Lipinski definition) is 7. The Balaban J connectivity index is 2.48. The minimum absolute atomic E-state index is 0.275. The Morgan fingerprint density at radius 3 is 2.62 bits per heavy atom. The second-order valence-electron chi connectivity index (χ2n) is 2.87. The van der Waals surface area contributed by atoms with Crippen LogP contribution in [0.5, 0.6) is 11.8 Å². The fraction of sp³-hybridized carbons (Fsp3) is 0.375. The largest absolute Gasteiger partial charge is 0.480 e. The molecule has 0 fully saturated rings. The second kappa shape index (κ2) is 4.09. The maximum Gasteiger partial charge on any atom is 0.264 e. The van der Waals surface area contributed by atoms with Gasteiger partial charge < -0.3 is 9.47 Å². The fourth-order valence-corrected chi connectivity index (χ4v) is 1.10. The molecule has 16 heavy (non-hydrogen) atoms. The van der Waals surface area contributed by atoms with Crippen LogP contribution in [-0.4, -0.2) is 44.4 Å². The Kier molecular flexibility index (Phi) is 2.63. The average Bonchev–Trinajstić information content (AvgIpc) is 2.74. The van der Waals surface area contributed by atoms with Crippen molar-refractivity contribution in [3.63, 3.8) is 0 Å². The fourth-order valence-electron chi connectivity index (χ4n) is 1.10. The predicted octanol–water partition coefficient (Wildman–Crippen LogP) is -0.222. The van der Waals surface area contributed by atoms with Crippen LogP contribution in [0.1, 0.15) is 5.82 Å². The summed E-state index contributed by atoms with van der Waals surface area (Å²) in [6.45, 7) is 1.73. The molecule has 0 spiro atoms. The number of aryl methyl sites for hydroxylation is 1. The third-order valence-electron chi connectivity index (χ3n) is 1.81. The standard InChI is InChI=1S/C8H10N6O2/c1-5-11-13-14(12-5)7-8(16-3)10-6(15-2)4-9-7/h4H,1-3H3. The first kappa shape index (κ1) is 10.3. The van der Waals surface area contributed by atoms with E-state index in [9.17, 15) is 0 Å². The van der Waals surface area contributed by atoms with Crippen LogP contribution in [0.4, 0.5) is 0 Å². The van der Waals surface area contributed by atoms with E-state index in [1.54, 1.807) is 6.92 Å². The number of ether oxygens (including phenoxy) is 2. The average molecular weight is 222 g/mol. The van der Waals surface area contributed by atoms with Crippen molar-refractivity contribution in [3.8, 4) is 17.6 Å². The SMILES string of the molecule is COc1cnc(-n2nnc(C)n2)c(OC)n1. The summed E-state index contributed by atoms with van der Waals surface area (Å²) in [4.78, 5) is 9.40. The molecule has 0 aliphatic carbocycles. The van der Waals surface area contributed by atoms with Gasteiger partial charge in [-0.3, -0.25) is 0 Å². The van der Waals surface area contributed by atoms with Crippen LogP contribution in [0.15, 0.2) is 6.20 Å². The topological polar surface area (TPSA) is 87.8 Å². The van der Waals surface area contributed by atoms with E-state index in [0.29, 0.717) is 17.5 Å². The number of tetrazole rings is 1. The Bertz CT molecular complexity index is 497. The van der Waals surface area contributed by atoms with Gasteiger partial charge in [0.2, 0.25) is 11.7 Å². The number of nitrogens with zero attached hydrogens (tertiary/aromatic N) is 6. The Hall–Kier alpha value is -2.25. The van der Waals surface area contributed by atoms with E-state index in [2.05, 4.69) is 25.4 Å². The molecule has 0 saturated heterocycles. The van der Waals surface area contributed by atoms with Crippen molar-refractivity contribution in [1.29, 1.82) is 0 Å². The zero-order chi connectivity index (χ0) is 11.5. The summed E-state index contributed by atoms with van der Waals surface area (Å²) >= 11 is 0. The van der Waals surface area contributed by atoms with Crippen molar-refractivity contribution in [2.24, 2.45) is 0 Å². The van der Waals surface area contributed by atoms with Gasteiger partial charge in [-0.2, -0.15) is 4.98 Å². The molecular weight excluding hydrogens is 212 g/mol. The molecule has 0 unspecified atom stereocenters. The first-order valence-electron chi connectivity index (χ1n) is 4.46. The van der Waals surface area contributed by atoms with Crippen LogP contribution in [-0.2, 0) is 0 Å². The summed E-state index contributed by atoms with van der Waals surface area (Å²) in [6.07, 6.45) is 1.45. The van der Waals surface area contributed by atoms with Crippen molar-refractivity contribution >= 4 is 0 Å². The quantitative estimate of drug-likeness (QED) is 0.709. The first-order valence-corrected chi connectivity index (χ1v) is 4.46. The van der Waals surface area contributed by atoms with Gasteiger partial charge in [0.15, 0.2) is 5.82 Å². The number of methoxy groups -OCH3 is 2. The molecule has 0 radical (unpaired) electrons. The molecule has 0 atom stereocenters. The van der Waals surface area contributed by atoms with E-state index in [1.807, 2.05) is 0 Å². The van der Waals surface area contributed by atoms with Crippen LogP contribution in [0.25, 0.3) is 5.82 Å². The molecule has 84 valence electrons. The van der Waals surface area contributed by atoms with E-state index in [-0.39, 0.29) is 5.88 Å². The molecule has 0 aromatic carbocycles. The van der Waals surface area contributed by atoms with E-state index in [1.165, 1.54) is 25.2 Å². The molecule has 0 N–H and O–H groups in total. The van der Waals surface area contributed by atoms with Gasteiger partial charge in [0.25, 0.3) is 5.88 Å². The molecule has 0 amide bonds. The highest BCUT2D eigenvalue weighted by molar-refractivity contribution is 5.33. The molecule has 2 aromatic heterocycles. The molecule has 8 nitrogen and oxygen atoms in total. The van der Waals surface area contributed by atoms with Crippen molar-refractivity contribution < 1.29 is 9.47 Å². The van der Waals surface area contributed by atoms with Crippen molar-refractivity contribution in [3.05, 3.63) is 12.0 Å². The van der Waals surface area contributed by atoms with Crippen LogP contribution >= 0.6 is 0 Å². The molecule has 2 heterocycles. The first-order chi connectivity index (χ1) is 7.74. The summed E-state index contributed by atoms with van der Waals surface area (Å²) in [5.74, 6) is 1.54. The third kappa shape index (κ3) is 1.76. The van der Waals surface area contributed by atoms with Gasteiger partial charge in [-0.1, -0.05) is 0 Å². The van der Waals surface area contributed by atoms with Crippen molar-refractivity contribution in [2.75, 3.05) is 14.2 Å². The van der Waals surface area contributed by atoms with Crippen LogP contribution in [0.2, 0.25) is 0 Å². The molecule has 2 rings (SSSR count). The predicted molar refractivity (Wildman–Crippen MR) is 52.6 cm³/mol. The lowest BCUT2D eigenvalue weighted by molar-refractivity contribution is 0.357. The zero-order valence-corrected chi connectivity index (χ0v) is 9.08. The molecular formula is C8H10N6O2. The number of aromatic nitrogens is 6. The van der Waals surface area contributed by atoms with E-state index in [4.69, 9.17) is 9.47 Å². The Morgan fingerprint density at radius 2 is 2.06 bits per heavy atom. The lowest BCUT2D eigenvalue weighted by Crippen LogP contribution is -2.07. The Morgan fingerprint density at radius 1 is 1.25 bits per heavy atom. The highest BCUT2D eigenvalue weighted by Gasteiger charge is 2.13. The minimum atomic E-state index is 0.275. The number of hydrogen-bond donors (Lipinski definition) is 0. The maximum atomic E-state index is 5.07. The molecule has 0 aliphatic rings. The van der Waals surface area contributed by atoms with Gasteiger partial charge in [0.05, 0.1) is 20.4 Å². The molecule has 0 aliphatic heterocycles. The van der Waals surface area contributed by atoms with E-state index in [0.717, 1.165) is 0 Å². The van der Waals surface area contributed by atoms with Crippen LogP contribution in [0, 0.1) is 6.92 Å². The minimum Gasteiger partial charge on any atom is -0.480 e. The van der Waals surface area contributed by atoms with E-state index < -0.39 is 0 Å². The molecule has 8 heteroatoms. The van der Waals surface area contributed by atoms with Gasteiger partial charge in [0.1, 0.15) is 0 Å². The summed E-state index contributed by atoms with van der Waals surface area (Å²) in [6, 6.07) is 0. The third-order valence-corrected chi connectivity index (χ3v) is 1.81. The number of rotatable bonds is 3. The summed E-state index contributed by atoms with van der Waals surface area (Å²) in [5.41, 5.74) is 0. The van der Waals surface area contributed by atoms with Gasteiger partial charge in [-0.15, -0.1) is 15.0 Å². The highest BCUT2D eigenvalue weighted by atomic mass is 16.5.